The number of halogens is 2. The number of nitrogens with zero attached hydrogens (tertiary/aromatic N) is 3. The van der Waals surface area contributed by atoms with Crippen LogP contribution in [0.2, 0.25) is 10.0 Å². The van der Waals surface area contributed by atoms with Crippen LogP contribution in [0.3, 0.4) is 0 Å². The van der Waals surface area contributed by atoms with Gasteiger partial charge < -0.3 is 5.32 Å². The highest BCUT2D eigenvalue weighted by atomic mass is 35.5. The second kappa shape index (κ2) is 7.82. The summed E-state index contributed by atoms with van der Waals surface area (Å²) in [6.45, 7) is 2.70. The minimum absolute atomic E-state index is 0.367. The van der Waals surface area contributed by atoms with E-state index in [1.807, 2.05) is 6.07 Å². The van der Waals surface area contributed by atoms with Crippen molar-refractivity contribution in [3.8, 4) is 0 Å². The lowest BCUT2D eigenvalue weighted by Gasteiger charge is -2.08. The summed E-state index contributed by atoms with van der Waals surface area (Å²) < 4.78 is 1.75. The standard InChI is InChI=1S/C17H15Cl2N5S/c1-11-3-2-4-12(7-11)9-24-10-20-16(23-24)22-17(25)21-13-5-6-14(18)15(19)8-13/h2-8,10H,9H2,1H3,(H2,21,22,23,25). The molecule has 1 aromatic heterocycles. The molecule has 5 nitrogen and oxygen atoms in total. The molecule has 0 amide bonds. The second-order valence-electron chi connectivity index (χ2n) is 5.46. The summed E-state index contributed by atoms with van der Waals surface area (Å²) in [4.78, 5) is 4.21. The summed E-state index contributed by atoms with van der Waals surface area (Å²) >= 11 is 17.1. The van der Waals surface area contributed by atoms with Crippen LogP contribution in [0.4, 0.5) is 11.6 Å². The third-order valence-corrected chi connectivity index (χ3v) is 4.31. The van der Waals surface area contributed by atoms with Gasteiger partial charge in [-0.3, -0.25) is 5.32 Å². The predicted octanol–water partition coefficient (Wildman–Crippen LogP) is 4.75. The molecule has 0 saturated heterocycles. The number of benzene rings is 2. The third-order valence-electron chi connectivity index (χ3n) is 3.37. The zero-order chi connectivity index (χ0) is 17.8. The normalized spacial score (nSPS) is 10.5. The van der Waals surface area contributed by atoms with Crippen molar-refractivity contribution in [1.29, 1.82) is 0 Å². The Morgan fingerprint density at radius 1 is 1.12 bits per heavy atom. The van der Waals surface area contributed by atoms with Crippen LogP contribution in [-0.4, -0.2) is 19.9 Å². The largest absolute Gasteiger partial charge is 0.332 e. The topological polar surface area (TPSA) is 54.8 Å². The van der Waals surface area contributed by atoms with Gasteiger partial charge in [-0.05, 0) is 42.9 Å². The van der Waals surface area contributed by atoms with Crippen LogP contribution < -0.4 is 10.6 Å². The van der Waals surface area contributed by atoms with Crippen molar-refractivity contribution >= 4 is 52.2 Å². The first-order valence-electron chi connectivity index (χ1n) is 7.47. The lowest BCUT2D eigenvalue weighted by Crippen LogP contribution is -2.20. The highest BCUT2D eigenvalue weighted by molar-refractivity contribution is 7.80. The molecule has 0 aliphatic carbocycles. The molecule has 0 fully saturated rings. The van der Waals surface area contributed by atoms with E-state index in [9.17, 15) is 0 Å². The Hall–Kier alpha value is -2.15. The van der Waals surface area contributed by atoms with Crippen LogP contribution in [0.15, 0.2) is 48.8 Å². The number of hydrogen-bond donors (Lipinski definition) is 2. The fourth-order valence-electron chi connectivity index (χ4n) is 2.26. The summed E-state index contributed by atoms with van der Waals surface area (Å²) in [6.07, 6.45) is 1.66. The SMILES string of the molecule is Cc1cccc(Cn2cnc(NC(=S)Nc3ccc(Cl)c(Cl)c3)n2)c1. The number of anilines is 2. The van der Waals surface area contributed by atoms with Gasteiger partial charge in [0.05, 0.1) is 16.6 Å². The molecule has 0 atom stereocenters. The van der Waals surface area contributed by atoms with Gasteiger partial charge in [0.15, 0.2) is 5.11 Å². The first-order valence-corrected chi connectivity index (χ1v) is 8.64. The third kappa shape index (κ3) is 4.92. The molecule has 3 aromatic rings. The first-order chi connectivity index (χ1) is 12.0. The van der Waals surface area contributed by atoms with Crippen molar-refractivity contribution in [2.24, 2.45) is 0 Å². The smallest absolute Gasteiger partial charge is 0.248 e. The Kier molecular flexibility index (Phi) is 5.53. The van der Waals surface area contributed by atoms with Gasteiger partial charge in [-0.15, -0.1) is 5.10 Å². The van der Waals surface area contributed by atoms with Gasteiger partial charge in [-0.1, -0.05) is 53.0 Å². The number of thiocarbonyl (C=S) groups is 1. The van der Waals surface area contributed by atoms with Gasteiger partial charge in [0.2, 0.25) is 5.95 Å². The van der Waals surface area contributed by atoms with Crippen LogP contribution in [-0.2, 0) is 6.54 Å². The molecule has 0 bridgehead atoms. The van der Waals surface area contributed by atoms with Gasteiger partial charge in [0.1, 0.15) is 6.33 Å². The second-order valence-corrected chi connectivity index (χ2v) is 6.69. The average molecular weight is 392 g/mol. The molecule has 0 aliphatic rings. The summed E-state index contributed by atoms with van der Waals surface area (Å²) in [5.41, 5.74) is 3.10. The molecular weight excluding hydrogens is 377 g/mol. The molecule has 2 N–H and O–H groups in total. The molecule has 3 rings (SSSR count). The highest BCUT2D eigenvalue weighted by Crippen LogP contribution is 2.25. The van der Waals surface area contributed by atoms with Gasteiger partial charge in [0.25, 0.3) is 0 Å². The van der Waals surface area contributed by atoms with Crippen molar-refractivity contribution in [3.63, 3.8) is 0 Å². The molecule has 0 aliphatic heterocycles. The van der Waals surface area contributed by atoms with Crippen molar-refractivity contribution in [2.75, 3.05) is 10.6 Å². The quantitative estimate of drug-likeness (QED) is 0.628. The molecule has 0 spiro atoms. The summed E-state index contributed by atoms with van der Waals surface area (Å²) in [5.74, 6) is 0.421. The van der Waals surface area contributed by atoms with Crippen molar-refractivity contribution in [1.82, 2.24) is 14.8 Å². The number of aromatic nitrogens is 3. The van der Waals surface area contributed by atoms with Gasteiger partial charge >= 0.3 is 0 Å². The van der Waals surface area contributed by atoms with Crippen LogP contribution >= 0.6 is 35.4 Å². The van der Waals surface area contributed by atoms with E-state index in [-0.39, 0.29) is 0 Å². The molecule has 25 heavy (non-hydrogen) atoms. The fraction of sp³-hybridized carbons (Fsp3) is 0.118. The Balaban J connectivity index is 1.60. The zero-order valence-electron chi connectivity index (χ0n) is 13.3. The number of nitrogens with one attached hydrogen (secondary N) is 2. The summed E-state index contributed by atoms with van der Waals surface area (Å²) in [6, 6.07) is 13.4. The van der Waals surface area contributed by atoms with Crippen molar-refractivity contribution < 1.29 is 0 Å². The number of rotatable bonds is 4. The van der Waals surface area contributed by atoms with E-state index in [1.165, 1.54) is 5.56 Å². The Morgan fingerprint density at radius 3 is 2.72 bits per heavy atom. The molecule has 0 saturated carbocycles. The number of hydrogen-bond acceptors (Lipinski definition) is 3. The van der Waals surface area contributed by atoms with Gasteiger partial charge in [0, 0.05) is 5.69 Å². The molecule has 128 valence electrons. The van der Waals surface area contributed by atoms with E-state index in [1.54, 1.807) is 29.2 Å². The fourth-order valence-corrected chi connectivity index (χ4v) is 2.77. The van der Waals surface area contributed by atoms with E-state index in [2.05, 4.69) is 45.8 Å². The minimum Gasteiger partial charge on any atom is -0.332 e. The Bertz CT molecular complexity index is 910. The maximum Gasteiger partial charge on any atom is 0.248 e. The molecule has 8 heteroatoms. The van der Waals surface area contributed by atoms with E-state index < -0.39 is 0 Å². The molecule has 0 unspecified atom stereocenters. The van der Waals surface area contributed by atoms with Crippen LogP contribution in [0.1, 0.15) is 11.1 Å². The Morgan fingerprint density at radius 2 is 1.96 bits per heavy atom. The highest BCUT2D eigenvalue weighted by Gasteiger charge is 2.06. The lowest BCUT2D eigenvalue weighted by atomic mass is 10.1. The van der Waals surface area contributed by atoms with E-state index in [0.717, 1.165) is 11.3 Å². The zero-order valence-corrected chi connectivity index (χ0v) is 15.7. The van der Waals surface area contributed by atoms with Gasteiger partial charge in [-0.25, -0.2) is 9.67 Å². The molecule has 2 aromatic carbocycles. The molecular formula is C17H15Cl2N5S. The number of aryl methyl sites for hydroxylation is 1. The Labute approximate surface area is 161 Å². The van der Waals surface area contributed by atoms with E-state index in [4.69, 9.17) is 35.4 Å². The monoisotopic (exact) mass is 391 g/mol. The van der Waals surface area contributed by atoms with Crippen molar-refractivity contribution in [2.45, 2.75) is 13.5 Å². The van der Waals surface area contributed by atoms with Crippen LogP contribution in [0, 0.1) is 6.92 Å². The summed E-state index contributed by atoms with van der Waals surface area (Å²) in [7, 11) is 0. The predicted molar refractivity (Wildman–Crippen MR) is 107 cm³/mol. The van der Waals surface area contributed by atoms with Gasteiger partial charge in [-0.2, -0.15) is 0 Å². The molecule has 1 heterocycles. The van der Waals surface area contributed by atoms with E-state index in [0.29, 0.717) is 27.7 Å². The van der Waals surface area contributed by atoms with E-state index >= 15 is 0 Å². The first kappa shape index (κ1) is 17.7. The maximum absolute atomic E-state index is 5.99. The average Bonchev–Trinajstić information content (AvgIpc) is 2.98. The minimum atomic E-state index is 0.367. The maximum atomic E-state index is 5.99. The lowest BCUT2D eigenvalue weighted by molar-refractivity contribution is 0.687. The van der Waals surface area contributed by atoms with Crippen LogP contribution in [0.5, 0.6) is 0 Å². The summed E-state index contributed by atoms with van der Waals surface area (Å²) in [5, 5.41) is 11.6. The van der Waals surface area contributed by atoms with Crippen LogP contribution in [0.25, 0.3) is 0 Å². The van der Waals surface area contributed by atoms with Crippen molar-refractivity contribution in [3.05, 3.63) is 70.0 Å². The molecule has 0 radical (unpaired) electrons.